The lowest BCUT2D eigenvalue weighted by molar-refractivity contribution is 0.0204. The molecule has 10 nitrogen and oxygen atoms in total. The summed E-state index contributed by atoms with van der Waals surface area (Å²) in [6.45, 7) is 29.5. The van der Waals surface area contributed by atoms with Crippen LogP contribution < -0.4 is 14.9 Å². The second-order valence-electron chi connectivity index (χ2n) is 18.0. The zero-order valence-electron chi connectivity index (χ0n) is 36.5. The number of hydrogen-bond donors (Lipinski definition) is 2. The number of ether oxygens (including phenoxy) is 1. The van der Waals surface area contributed by atoms with Gasteiger partial charge in [-0.1, -0.05) is 67.9 Å². The third-order valence-electron chi connectivity index (χ3n) is 10.5. The minimum Gasteiger partial charge on any atom is -0.444 e. The van der Waals surface area contributed by atoms with Crippen molar-refractivity contribution >= 4 is 35.6 Å². The van der Waals surface area contributed by atoms with E-state index in [-0.39, 0.29) is 29.0 Å². The fourth-order valence-corrected chi connectivity index (χ4v) is 8.23. The molecular formula is C45H69N7O3S. The van der Waals surface area contributed by atoms with Gasteiger partial charge in [0.25, 0.3) is 5.91 Å². The Hall–Kier alpha value is -3.86. The number of likely N-dealkylation sites (tertiary alicyclic amines) is 1. The van der Waals surface area contributed by atoms with Gasteiger partial charge in [0.2, 0.25) is 0 Å². The zero-order chi connectivity index (χ0) is 41.4. The topological polar surface area (TPSA) is 113 Å². The molecule has 3 aliphatic heterocycles. The summed E-state index contributed by atoms with van der Waals surface area (Å²) < 4.78 is 8.69. The average Bonchev–Trinajstić information content (AvgIpc) is 3.48. The van der Waals surface area contributed by atoms with Gasteiger partial charge >= 0.3 is 6.09 Å². The van der Waals surface area contributed by atoms with Crippen molar-refractivity contribution in [2.45, 2.75) is 156 Å². The number of fused-ring (bicyclic) bond motifs is 6. The number of amides is 2. The minimum atomic E-state index is -0.506. The lowest BCUT2D eigenvalue weighted by Gasteiger charge is -2.34. The highest BCUT2D eigenvalue weighted by atomic mass is 32.2. The number of hydrogen-bond acceptors (Lipinski definition) is 9. The number of anilines is 2. The molecule has 11 heteroatoms. The maximum atomic E-state index is 13.8. The van der Waals surface area contributed by atoms with Crippen LogP contribution in [0.25, 0.3) is 0 Å². The summed E-state index contributed by atoms with van der Waals surface area (Å²) in [4.78, 5) is 45.7. The lowest BCUT2D eigenvalue weighted by atomic mass is 9.83. The third kappa shape index (κ3) is 11.6. The molecule has 3 unspecified atom stereocenters. The molecule has 6 heterocycles. The third-order valence-corrected chi connectivity index (χ3v) is 11.3. The van der Waals surface area contributed by atoms with Gasteiger partial charge in [-0.15, -0.1) is 0 Å². The van der Waals surface area contributed by atoms with Crippen molar-refractivity contribution in [3.05, 3.63) is 71.2 Å². The van der Waals surface area contributed by atoms with Gasteiger partial charge in [0, 0.05) is 54.4 Å². The highest BCUT2D eigenvalue weighted by molar-refractivity contribution is 7.97. The smallest absolute Gasteiger partial charge is 0.410 e. The van der Waals surface area contributed by atoms with Gasteiger partial charge in [0.1, 0.15) is 22.3 Å². The molecule has 0 radical (unpaired) electrons. The number of piperidine rings is 1. The Morgan fingerprint density at radius 2 is 1.68 bits per heavy atom. The van der Waals surface area contributed by atoms with Crippen molar-refractivity contribution in [3.8, 4) is 0 Å². The molecule has 6 rings (SSSR count). The summed E-state index contributed by atoms with van der Waals surface area (Å²) in [6.07, 6.45) is 6.54. The number of rotatable bonds is 2. The van der Waals surface area contributed by atoms with Crippen LogP contribution in [-0.2, 0) is 10.2 Å². The molecule has 3 atom stereocenters. The standard InChI is InChI=1S/C40H55N7O3S.C3H8.C2H6/c1-25-21-31(30-22-27(15-18-41-30)26-16-19-46(20-17-26)37(49)50-39(5,6)7)42-33-11-10-12-34(44-33)51-45-36(48)29-13-14-32(38(2,3)4)43-35(29)47-24-28(25)23-40(47,8)9;1-3-2;1-2/h10-15,18,22,25-26,28,31H,16-17,19-21,23-24H2,1-9H3,(H,42,44)(H,45,48);3H2,1-2H3;1-2H3. The van der Waals surface area contributed by atoms with Gasteiger partial charge in [-0.3, -0.25) is 14.5 Å². The predicted octanol–water partition coefficient (Wildman–Crippen LogP) is 11.0. The van der Waals surface area contributed by atoms with E-state index in [0.717, 1.165) is 55.3 Å². The summed E-state index contributed by atoms with van der Waals surface area (Å²) in [5.74, 6) is 2.35. The molecule has 4 bridgehead atoms. The van der Waals surface area contributed by atoms with Crippen LogP contribution in [0.15, 0.2) is 53.7 Å². The highest BCUT2D eigenvalue weighted by Crippen LogP contribution is 2.43. The summed E-state index contributed by atoms with van der Waals surface area (Å²) in [7, 11) is 0. The fraction of sp³-hybridized carbons (Fsp3) is 0.622. The molecule has 0 spiro atoms. The van der Waals surface area contributed by atoms with E-state index in [0.29, 0.717) is 41.4 Å². The molecular weight excluding hydrogens is 719 g/mol. The van der Waals surface area contributed by atoms with E-state index in [4.69, 9.17) is 19.7 Å². The minimum absolute atomic E-state index is 0.0793. The van der Waals surface area contributed by atoms with E-state index >= 15 is 0 Å². The van der Waals surface area contributed by atoms with Crippen molar-refractivity contribution in [1.82, 2.24) is 24.6 Å². The van der Waals surface area contributed by atoms with Gasteiger partial charge in [-0.2, -0.15) is 0 Å². The van der Waals surface area contributed by atoms with Crippen molar-refractivity contribution in [2.24, 2.45) is 11.8 Å². The molecule has 2 fully saturated rings. The molecule has 0 saturated carbocycles. The molecule has 2 N–H and O–H groups in total. The van der Waals surface area contributed by atoms with E-state index in [2.05, 4.69) is 82.5 Å². The Kier molecular flexibility index (Phi) is 15.3. The van der Waals surface area contributed by atoms with Crippen LogP contribution in [0.2, 0.25) is 0 Å². The molecule has 0 aliphatic carbocycles. The van der Waals surface area contributed by atoms with Crippen LogP contribution >= 0.6 is 11.9 Å². The summed E-state index contributed by atoms with van der Waals surface area (Å²) >= 11 is 1.22. The van der Waals surface area contributed by atoms with E-state index in [1.807, 2.05) is 76.0 Å². The van der Waals surface area contributed by atoms with E-state index in [1.54, 1.807) is 0 Å². The Labute approximate surface area is 341 Å². The van der Waals surface area contributed by atoms with Gasteiger partial charge in [-0.05, 0) is 120 Å². The van der Waals surface area contributed by atoms with Crippen LogP contribution in [0.3, 0.4) is 0 Å². The van der Waals surface area contributed by atoms with E-state index < -0.39 is 5.60 Å². The molecule has 3 aliphatic rings. The Morgan fingerprint density at radius 3 is 2.32 bits per heavy atom. The van der Waals surface area contributed by atoms with Crippen molar-refractivity contribution in [1.29, 1.82) is 0 Å². The SMILES string of the molecule is CC.CC1CC(c2cc(C3CCN(C(=O)OC(C)(C)C)CC3)ccn2)Nc2cccc(n2)SNC(=O)c2ccc(C(C)(C)C)nc2N2CC1CC2(C)C.CCC. The molecule has 0 aromatic carbocycles. The molecule has 3 aromatic heterocycles. The van der Waals surface area contributed by atoms with Crippen molar-refractivity contribution in [3.63, 3.8) is 0 Å². The van der Waals surface area contributed by atoms with Crippen LogP contribution in [-0.4, -0.2) is 62.6 Å². The monoisotopic (exact) mass is 788 g/mol. The maximum Gasteiger partial charge on any atom is 0.410 e. The van der Waals surface area contributed by atoms with Crippen molar-refractivity contribution in [2.75, 3.05) is 29.9 Å². The van der Waals surface area contributed by atoms with Gasteiger partial charge in [0.05, 0.1) is 17.3 Å². The summed E-state index contributed by atoms with van der Waals surface area (Å²) in [6, 6.07) is 14.1. The first kappa shape index (κ1) is 44.8. The summed E-state index contributed by atoms with van der Waals surface area (Å²) in [5.41, 5.74) is 2.93. The van der Waals surface area contributed by atoms with Crippen LogP contribution in [0, 0.1) is 11.8 Å². The second kappa shape index (κ2) is 19.1. The Balaban J connectivity index is 0.00000133. The van der Waals surface area contributed by atoms with E-state index in [1.165, 1.54) is 23.9 Å². The first-order valence-electron chi connectivity index (χ1n) is 20.8. The first-order valence-corrected chi connectivity index (χ1v) is 21.6. The summed E-state index contributed by atoms with van der Waals surface area (Å²) in [5, 5.41) is 4.44. The lowest BCUT2D eigenvalue weighted by Crippen LogP contribution is -2.41. The van der Waals surface area contributed by atoms with Gasteiger partial charge < -0.3 is 19.9 Å². The van der Waals surface area contributed by atoms with Gasteiger partial charge in [0.15, 0.2) is 0 Å². The fourth-order valence-electron chi connectivity index (χ4n) is 7.64. The number of pyridine rings is 3. The average molecular weight is 788 g/mol. The number of nitrogens with one attached hydrogen (secondary N) is 2. The van der Waals surface area contributed by atoms with Crippen molar-refractivity contribution < 1.29 is 14.3 Å². The van der Waals surface area contributed by atoms with Crippen LogP contribution in [0.5, 0.6) is 0 Å². The van der Waals surface area contributed by atoms with E-state index in [9.17, 15) is 9.59 Å². The molecule has 56 heavy (non-hydrogen) atoms. The highest BCUT2D eigenvalue weighted by Gasteiger charge is 2.43. The Morgan fingerprint density at radius 1 is 1.00 bits per heavy atom. The number of aromatic nitrogens is 3. The molecule has 308 valence electrons. The number of carbonyl (C=O) groups excluding carboxylic acids is 2. The molecule has 3 aromatic rings. The number of nitrogens with zero attached hydrogens (tertiary/aromatic N) is 5. The Bertz CT molecular complexity index is 1760. The van der Waals surface area contributed by atoms with Gasteiger partial charge in [-0.25, -0.2) is 14.8 Å². The quantitative estimate of drug-likeness (QED) is 0.245. The molecule has 2 saturated heterocycles. The molecule has 2 amide bonds. The predicted molar refractivity (Wildman–Crippen MR) is 232 cm³/mol. The zero-order valence-corrected chi connectivity index (χ0v) is 37.3. The maximum absolute atomic E-state index is 13.8. The normalized spacial score (nSPS) is 21.4. The van der Waals surface area contributed by atoms with Crippen LogP contribution in [0.1, 0.15) is 161 Å². The second-order valence-corrected chi connectivity index (χ2v) is 18.8. The largest absolute Gasteiger partial charge is 0.444 e. The number of carbonyl (C=O) groups is 2. The first-order chi connectivity index (χ1) is 26.4. The van der Waals surface area contributed by atoms with Crippen LogP contribution in [0.4, 0.5) is 16.4 Å².